The van der Waals surface area contributed by atoms with Crippen LogP contribution in [-0.4, -0.2) is 30.7 Å². The highest BCUT2D eigenvalue weighted by Gasteiger charge is 2.12. The Morgan fingerprint density at radius 2 is 2.19 bits per heavy atom. The second kappa shape index (κ2) is 5.80. The first-order valence-electron chi connectivity index (χ1n) is 4.36. The molecule has 5 nitrogen and oxygen atoms in total. The first-order chi connectivity index (χ1) is 7.54. The fraction of sp³-hybridized carbons (Fsp3) is 0.200. The minimum Gasteiger partial charge on any atom is -0.478 e. The highest BCUT2D eigenvalue weighted by molar-refractivity contribution is 14.1. The van der Waals surface area contributed by atoms with Gasteiger partial charge in [-0.3, -0.25) is 4.79 Å². The van der Waals surface area contributed by atoms with Crippen LogP contribution in [0.4, 0.5) is 5.69 Å². The molecule has 0 heterocycles. The first-order valence-corrected chi connectivity index (χ1v) is 5.44. The number of rotatable bonds is 4. The summed E-state index contributed by atoms with van der Waals surface area (Å²) in [5.41, 5.74) is 0.339. The number of carbonyl (C=O) groups excluding carboxylic acids is 1. The second-order valence-electron chi connectivity index (χ2n) is 2.98. The van der Waals surface area contributed by atoms with Gasteiger partial charge in [0.25, 0.3) is 0 Å². The molecule has 0 bridgehead atoms. The van der Waals surface area contributed by atoms with Gasteiger partial charge < -0.3 is 15.2 Å². The number of anilines is 1. The van der Waals surface area contributed by atoms with Gasteiger partial charge in [0.2, 0.25) is 5.91 Å². The lowest BCUT2D eigenvalue weighted by Gasteiger charge is -2.08. The van der Waals surface area contributed by atoms with Crippen LogP contribution in [0.5, 0.6) is 0 Å². The molecule has 0 unspecified atom stereocenters. The number of aromatic carboxylic acids is 1. The normalized spacial score (nSPS) is 9.88. The molecule has 0 saturated heterocycles. The van der Waals surface area contributed by atoms with Crippen LogP contribution >= 0.6 is 22.6 Å². The number of hydrogen-bond donors (Lipinski definition) is 2. The third-order valence-electron chi connectivity index (χ3n) is 1.76. The van der Waals surface area contributed by atoms with E-state index in [4.69, 9.17) is 5.11 Å². The molecule has 1 aromatic rings. The van der Waals surface area contributed by atoms with Crippen LogP contribution in [-0.2, 0) is 9.53 Å². The number of carbonyl (C=O) groups is 2. The predicted molar refractivity (Wildman–Crippen MR) is 66.6 cm³/mol. The number of carboxylic acids is 1. The van der Waals surface area contributed by atoms with Crippen molar-refractivity contribution in [3.8, 4) is 0 Å². The SMILES string of the molecule is COCC(=O)Nc1ccc(I)cc1C(=O)O. The van der Waals surface area contributed by atoms with Crippen molar-refractivity contribution in [2.24, 2.45) is 0 Å². The van der Waals surface area contributed by atoms with Gasteiger partial charge >= 0.3 is 5.97 Å². The van der Waals surface area contributed by atoms with Gasteiger partial charge in [-0.25, -0.2) is 4.79 Å². The van der Waals surface area contributed by atoms with Crippen molar-refractivity contribution in [1.82, 2.24) is 0 Å². The maximum Gasteiger partial charge on any atom is 0.337 e. The maximum absolute atomic E-state index is 11.2. The third-order valence-corrected chi connectivity index (χ3v) is 2.43. The molecule has 0 fully saturated rings. The van der Waals surface area contributed by atoms with E-state index in [9.17, 15) is 9.59 Å². The van der Waals surface area contributed by atoms with Crippen LogP contribution in [0.25, 0.3) is 0 Å². The quantitative estimate of drug-likeness (QED) is 0.819. The van der Waals surface area contributed by atoms with Crippen LogP contribution in [0, 0.1) is 3.57 Å². The Morgan fingerprint density at radius 3 is 2.75 bits per heavy atom. The number of nitrogens with one attached hydrogen (secondary N) is 1. The summed E-state index contributed by atoms with van der Waals surface area (Å²) in [6, 6.07) is 4.76. The zero-order valence-electron chi connectivity index (χ0n) is 8.49. The molecule has 16 heavy (non-hydrogen) atoms. The van der Waals surface area contributed by atoms with Crippen LogP contribution in [0.1, 0.15) is 10.4 Å². The molecule has 0 atom stereocenters. The summed E-state index contributed by atoms with van der Waals surface area (Å²) in [5.74, 6) is -1.46. The van der Waals surface area contributed by atoms with E-state index >= 15 is 0 Å². The molecule has 0 aromatic heterocycles. The van der Waals surface area contributed by atoms with Gasteiger partial charge in [-0.2, -0.15) is 0 Å². The summed E-state index contributed by atoms with van der Waals surface area (Å²) >= 11 is 2.01. The van der Waals surface area contributed by atoms with Crippen molar-refractivity contribution in [3.63, 3.8) is 0 Å². The zero-order valence-corrected chi connectivity index (χ0v) is 10.6. The van der Waals surface area contributed by atoms with Crippen molar-refractivity contribution in [1.29, 1.82) is 0 Å². The van der Waals surface area contributed by atoms with E-state index in [0.29, 0.717) is 0 Å². The third kappa shape index (κ3) is 3.46. The Labute approximate surface area is 106 Å². The monoisotopic (exact) mass is 335 g/mol. The number of hydrogen-bond acceptors (Lipinski definition) is 3. The minimum atomic E-state index is -1.08. The zero-order chi connectivity index (χ0) is 12.1. The molecule has 1 amide bonds. The molecule has 2 N–H and O–H groups in total. The summed E-state index contributed by atoms with van der Waals surface area (Å²) in [6.45, 7) is -0.106. The Bertz CT molecular complexity index is 419. The Morgan fingerprint density at radius 1 is 1.50 bits per heavy atom. The summed E-state index contributed by atoms with van der Waals surface area (Å²) in [4.78, 5) is 22.2. The smallest absolute Gasteiger partial charge is 0.337 e. The topological polar surface area (TPSA) is 75.6 Å². The largest absolute Gasteiger partial charge is 0.478 e. The van der Waals surface area contributed by atoms with E-state index in [2.05, 4.69) is 10.1 Å². The van der Waals surface area contributed by atoms with Crippen molar-refractivity contribution in [2.45, 2.75) is 0 Å². The molecule has 0 aliphatic heterocycles. The average molecular weight is 335 g/mol. The van der Waals surface area contributed by atoms with Gasteiger partial charge in [-0.15, -0.1) is 0 Å². The molecule has 1 rings (SSSR count). The predicted octanol–water partition coefficient (Wildman–Crippen LogP) is 1.57. The highest BCUT2D eigenvalue weighted by Crippen LogP contribution is 2.18. The van der Waals surface area contributed by atoms with E-state index < -0.39 is 5.97 Å². The van der Waals surface area contributed by atoms with Crippen molar-refractivity contribution in [3.05, 3.63) is 27.3 Å². The van der Waals surface area contributed by atoms with Gasteiger partial charge in [-0.05, 0) is 40.8 Å². The lowest BCUT2D eigenvalue weighted by molar-refractivity contribution is -0.119. The van der Waals surface area contributed by atoms with Gasteiger partial charge in [0.1, 0.15) is 6.61 Å². The second-order valence-corrected chi connectivity index (χ2v) is 4.22. The fourth-order valence-corrected chi connectivity index (χ4v) is 1.61. The molecule has 86 valence electrons. The molecule has 0 spiro atoms. The van der Waals surface area contributed by atoms with Crippen molar-refractivity contribution in [2.75, 3.05) is 19.0 Å². The minimum absolute atomic E-state index is 0.0661. The summed E-state index contributed by atoms with van der Waals surface area (Å²) < 4.78 is 5.43. The molecule has 0 saturated carbocycles. The summed E-state index contributed by atoms with van der Waals surface area (Å²) in [7, 11) is 1.39. The Hall–Kier alpha value is -1.15. The Balaban J connectivity index is 2.95. The van der Waals surface area contributed by atoms with Crippen LogP contribution < -0.4 is 5.32 Å². The number of halogens is 1. The van der Waals surface area contributed by atoms with E-state index in [1.54, 1.807) is 12.1 Å². The van der Waals surface area contributed by atoms with E-state index in [0.717, 1.165) is 3.57 Å². The number of amides is 1. The van der Waals surface area contributed by atoms with Crippen LogP contribution in [0.2, 0.25) is 0 Å². The fourth-order valence-electron chi connectivity index (χ4n) is 1.12. The van der Waals surface area contributed by atoms with Gasteiger partial charge in [0.05, 0.1) is 11.3 Å². The Kier molecular flexibility index (Phi) is 4.69. The van der Waals surface area contributed by atoms with Crippen molar-refractivity contribution >= 4 is 40.2 Å². The van der Waals surface area contributed by atoms with Gasteiger partial charge in [-0.1, -0.05) is 0 Å². The van der Waals surface area contributed by atoms with Gasteiger partial charge in [0, 0.05) is 10.7 Å². The maximum atomic E-state index is 11.2. The molecule has 1 aromatic carbocycles. The lowest BCUT2D eigenvalue weighted by atomic mass is 10.2. The number of ether oxygens (including phenoxy) is 1. The van der Waals surface area contributed by atoms with Crippen LogP contribution in [0.3, 0.4) is 0 Å². The van der Waals surface area contributed by atoms with E-state index in [1.165, 1.54) is 13.2 Å². The van der Waals surface area contributed by atoms with Crippen molar-refractivity contribution < 1.29 is 19.4 Å². The highest BCUT2D eigenvalue weighted by atomic mass is 127. The number of benzene rings is 1. The van der Waals surface area contributed by atoms with Crippen LogP contribution in [0.15, 0.2) is 18.2 Å². The van der Waals surface area contributed by atoms with E-state index in [-0.39, 0.29) is 23.8 Å². The summed E-state index contributed by atoms with van der Waals surface area (Å²) in [6.07, 6.45) is 0. The summed E-state index contributed by atoms with van der Waals surface area (Å²) in [5, 5.41) is 11.4. The number of methoxy groups -OCH3 is 1. The van der Waals surface area contributed by atoms with E-state index in [1.807, 2.05) is 22.6 Å². The lowest BCUT2D eigenvalue weighted by Crippen LogP contribution is -2.19. The molecular weight excluding hydrogens is 325 g/mol. The molecular formula is C10H10INO4. The molecule has 0 aliphatic rings. The number of carboxylic acid groups (broad SMARTS) is 1. The molecule has 0 aliphatic carbocycles. The first kappa shape index (κ1) is 12.9. The molecule has 0 radical (unpaired) electrons. The van der Waals surface area contributed by atoms with Gasteiger partial charge in [0.15, 0.2) is 0 Å². The average Bonchev–Trinajstić information content (AvgIpc) is 2.20. The molecule has 6 heteroatoms. The standard InChI is InChI=1S/C10H10INO4/c1-16-5-9(13)12-8-3-2-6(11)4-7(8)10(14)15/h2-4H,5H2,1H3,(H,12,13)(H,14,15).